The first-order chi connectivity index (χ1) is 14.5. The van der Waals surface area contributed by atoms with Crippen LogP contribution in [0.25, 0.3) is 0 Å². The molecule has 0 spiro atoms. The van der Waals surface area contributed by atoms with Crippen LogP contribution in [0.1, 0.15) is 34.5 Å². The second-order valence-corrected chi connectivity index (χ2v) is 8.63. The van der Waals surface area contributed by atoms with Crippen LogP contribution < -0.4 is 10.6 Å². The molecule has 1 aliphatic rings. The largest absolute Gasteiger partial charge is 0.392 e. The van der Waals surface area contributed by atoms with Crippen molar-refractivity contribution in [1.82, 2.24) is 9.97 Å². The van der Waals surface area contributed by atoms with E-state index < -0.39 is 0 Å². The summed E-state index contributed by atoms with van der Waals surface area (Å²) in [5.41, 5.74) is 8.51. The molecular formula is C21H20ClN5O2S. The predicted molar refractivity (Wildman–Crippen MR) is 120 cm³/mol. The Bertz CT molecular complexity index is 1080. The van der Waals surface area contributed by atoms with Crippen molar-refractivity contribution in [1.29, 1.82) is 0 Å². The number of benzene rings is 1. The van der Waals surface area contributed by atoms with Crippen molar-refractivity contribution in [3.63, 3.8) is 0 Å². The van der Waals surface area contributed by atoms with Gasteiger partial charge in [0.2, 0.25) is 5.95 Å². The van der Waals surface area contributed by atoms with Gasteiger partial charge in [-0.1, -0.05) is 28.9 Å². The quantitative estimate of drug-likeness (QED) is 0.534. The maximum absolute atomic E-state index is 12.2. The summed E-state index contributed by atoms with van der Waals surface area (Å²) in [5, 5.41) is 4.22. The topological polar surface area (TPSA) is 93.7 Å². The number of nitrogens with zero attached hydrogens (tertiary/aromatic N) is 4. The van der Waals surface area contributed by atoms with Gasteiger partial charge in [-0.25, -0.2) is 4.98 Å². The normalized spacial score (nSPS) is 15.5. The molecule has 30 heavy (non-hydrogen) atoms. The number of carbonyl (C=O) groups is 1. The van der Waals surface area contributed by atoms with Crippen LogP contribution in [-0.2, 0) is 4.84 Å². The molecule has 9 heteroatoms. The van der Waals surface area contributed by atoms with E-state index in [-0.39, 0.29) is 17.8 Å². The van der Waals surface area contributed by atoms with Gasteiger partial charge in [0, 0.05) is 31.8 Å². The zero-order chi connectivity index (χ0) is 21.1. The Balaban J connectivity index is 1.33. The van der Waals surface area contributed by atoms with E-state index in [4.69, 9.17) is 22.2 Å². The molecule has 0 bridgehead atoms. The summed E-state index contributed by atoms with van der Waals surface area (Å²) in [5.74, 6) is 1.04. The van der Waals surface area contributed by atoms with E-state index in [0.29, 0.717) is 34.3 Å². The van der Waals surface area contributed by atoms with E-state index in [1.807, 2.05) is 36.2 Å². The number of thiophene rings is 1. The fourth-order valence-corrected chi connectivity index (χ4v) is 4.20. The van der Waals surface area contributed by atoms with Crippen LogP contribution in [0.5, 0.6) is 0 Å². The number of aromatic nitrogens is 2. The molecule has 0 saturated carbocycles. The molecule has 154 valence electrons. The van der Waals surface area contributed by atoms with Gasteiger partial charge in [0.1, 0.15) is 11.9 Å². The monoisotopic (exact) mass is 441 g/mol. The highest BCUT2D eigenvalue weighted by Crippen LogP contribution is 2.27. The maximum atomic E-state index is 12.2. The minimum Gasteiger partial charge on any atom is -0.392 e. The van der Waals surface area contributed by atoms with E-state index in [1.165, 1.54) is 11.3 Å². The Morgan fingerprint density at radius 1 is 1.27 bits per heavy atom. The van der Waals surface area contributed by atoms with E-state index in [1.54, 1.807) is 24.4 Å². The van der Waals surface area contributed by atoms with Gasteiger partial charge in [-0.05, 0) is 42.3 Å². The lowest BCUT2D eigenvalue weighted by Crippen LogP contribution is -2.13. The van der Waals surface area contributed by atoms with Crippen LogP contribution in [0.2, 0.25) is 4.34 Å². The van der Waals surface area contributed by atoms with Crippen molar-refractivity contribution in [2.75, 3.05) is 17.7 Å². The average molecular weight is 442 g/mol. The van der Waals surface area contributed by atoms with Gasteiger partial charge in [-0.2, -0.15) is 4.98 Å². The Morgan fingerprint density at radius 2 is 2.07 bits per heavy atom. The highest BCUT2D eigenvalue weighted by Gasteiger charge is 2.23. The van der Waals surface area contributed by atoms with Crippen LogP contribution in [0.15, 0.2) is 53.8 Å². The molecule has 1 aromatic carbocycles. The lowest BCUT2D eigenvalue weighted by molar-refractivity contribution is 0.0720. The number of anilines is 3. The lowest BCUT2D eigenvalue weighted by Gasteiger charge is -2.18. The van der Waals surface area contributed by atoms with Gasteiger partial charge in [0.15, 0.2) is 5.78 Å². The fraction of sp³-hybridized carbons (Fsp3) is 0.238. The first-order valence-corrected chi connectivity index (χ1v) is 10.6. The summed E-state index contributed by atoms with van der Waals surface area (Å²) in [6, 6.07) is 13.3. The minimum absolute atomic E-state index is 0.0849. The Labute approximate surface area is 183 Å². The smallest absolute Gasteiger partial charge is 0.221 e. The molecule has 0 radical (unpaired) electrons. The first kappa shape index (κ1) is 20.3. The highest BCUT2D eigenvalue weighted by atomic mass is 35.5. The van der Waals surface area contributed by atoms with Crippen molar-refractivity contribution in [3.05, 3.63) is 63.4 Å². The Kier molecular flexibility index (Phi) is 5.96. The number of nitrogens with two attached hydrogens (primary N) is 1. The van der Waals surface area contributed by atoms with E-state index in [9.17, 15) is 4.79 Å². The predicted octanol–water partition coefficient (Wildman–Crippen LogP) is 4.70. The Morgan fingerprint density at radius 3 is 2.77 bits per heavy atom. The molecule has 0 aliphatic carbocycles. The van der Waals surface area contributed by atoms with Crippen molar-refractivity contribution in [3.8, 4) is 0 Å². The number of carbonyl (C=O) groups excluding carboxylic acids is 1. The van der Waals surface area contributed by atoms with E-state index >= 15 is 0 Å². The van der Waals surface area contributed by atoms with Crippen LogP contribution in [0, 0.1) is 0 Å². The molecule has 2 aromatic heterocycles. The summed E-state index contributed by atoms with van der Waals surface area (Å²) in [4.78, 5) is 28.6. The second-order valence-electron chi connectivity index (χ2n) is 6.91. The van der Waals surface area contributed by atoms with E-state index in [2.05, 4.69) is 15.1 Å². The number of hydrogen-bond acceptors (Lipinski definition) is 8. The summed E-state index contributed by atoms with van der Waals surface area (Å²) < 4.78 is 0.623. The van der Waals surface area contributed by atoms with Crippen LogP contribution in [0.3, 0.4) is 0 Å². The SMILES string of the molecule is CN(c1ccc(C2=NOC(CCC(=O)c3ccc(Cl)s3)C2)cc1)c1ccnc(N)n1. The zero-order valence-electron chi connectivity index (χ0n) is 16.3. The molecule has 2 N–H and O–H groups in total. The van der Waals surface area contributed by atoms with Gasteiger partial charge in [-0.3, -0.25) is 4.79 Å². The summed E-state index contributed by atoms with van der Waals surface area (Å²) in [6.45, 7) is 0. The van der Waals surface area contributed by atoms with Crippen molar-refractivity contribution >= 4 is 51.9 Å². The molecule has 0 amide bonds. The van der Waals surface area contributed by atoms with Gasteiger partial charge in [0.25, 0.3) is 0 Å². The standard InChI is InChI=1S/C21H20ClN5O2S/c1-27(20-10-11-24-21(23)25-20)14-4-2-13(3-5-14)16-12-15(29-26-16)6-7-17(28)18-8-9-19(22)30-18/h2-5,8-11,15H,6-7,12H2,1H3,(H2,23,24,25). The minimum atomic E-state index is -0.0919. The van der Waals surface area contributed by atoms with Gasteiger partial charge in [0.05, 0.1) is 14.9 Å². The molecular weight excluding hydrogens is 422 g/mol. The zero-order valence-corrected chi connectivity index (χ0v) is 17.9. The highest BCUT2D eigenvalue weighted by molar-refractivity contribution is 7.18. The average Bonchev–Trinajstić information content (AvgIpc) is 3.41. The van der Waals surface area contributed by atoms with Gasteiger partial charge < -0.3 is 15.5 Å². The van der Waals surface area contributed by atoms with Gasteiger partial charge in [-0.15, -0.1) is 11.3 Å². The summed E-state index contributed by atoms with van der Waals surface area (Å²) >= 11 is 7.21. The van der Waals surface area contributed by atoms with Crippen molar-refractivity contribution in [2.24, 2.45) is 5.16 Å². The number of ketones is 1. The van der Waals surface area contributed by atoms with Crippen LogP contribution >= 0.6 is 22.9 Å². The number of Topliss-reactive ketones (excluding diaryl/α,β-unsaturated/α-hetero) is 1. The first-order valence-electron chi connectivity index (χ1n) is 9.43. The maximum Gasteiger partial charge on any atom is 0.221 e. The molecule has 3 aromatic rings. The van der Waals surface area contributed by atoms with Crippen LogP contribution in [0.4, 0.5) is 17.5 Å². The third-order valence-corrected chi connectivity index (χ3v) is 6.14. The van der Waals surface area contributed by atoms with Gasteiger partial charge >= 0.3 is 0 Å². The fourth-order valence-electron chi connectivity index (χ4n) is 3.19. The number of rotatable bonds is 7. The molecule has 1 aliphatic heterocycles. The number of nitrogen functional groups attached to an aromatic ring is 1. The molecule has 7 nitrogen and oxygen atoms in total. The molecule has 0 saturated heterocycles. The summed E-state index contributed by atoms with van der Waals surface area (Å²) in [7, 11) is 1.92. The summed E-state index contributed by atoms with van der Waals surface area (Å²) in [6.07, 6.45) is 3.25. The molecule has 0 fully saturated rings. The van der Waals surface area contributed by atoms with E-state index in [0.717, 1.165) is 17.0 Å². The number of halogens is 1. The number of oxime groups is 1. The molecule has 1 atom stereocenters. The molecule has 3 heterocycles. The number of hydrogen-bond donors (Lipinski definition) is 1. The van der Waals surface area contributed by atoms with Crippen molar-refractivity contribution in [2.45, 2.75) is 25.4 Å². The van der Waals surface area contributed by atoms with Crippen molar-refractivity contribution < 1.29 is 9.63 Å². The van der Waals surface area contributed by atoms with Crippen LogP contribution in [-0.4, -0.2) is 34.6 Å². The third kappa shape index (κ3) is 4.60. The molecule has 1 unspecified atom stereocenters. The Hall–Kier alpha value is -2.97. The molecule has 4 rings (SSSR count). The second kappa shape index (κ2) is 8.81. The lowest BCUT2D eigenvalue weighted by atomic mass is 10.0. The third-order valence-electron chi connectivity index (χ3n) is 4.87.